The predicted octanol–water partition coefficient (Wildman–Crippen LogP) is 0.0129. The maximum absolute atomic E-state index is 9.70. The molecule has 1 N–H and O–H groups in total. The van der Waals surface area contributed by atoms with Crippen molar-refractivity contribution in [2.75, 3.05) is 26.4 Å². The summed E-state index contributed by atoms with van der Waals surface area (Å²) in [5, 5.41) is 9.70. The van der Waals surface area contributed by atoms with E-state index in [1.807, 2.05) is 0 Å². The molecule has 4 heteroatoms. The van der Waals surface area contributed by atoms with Crippen LogP contribution < -0.4 is 0 Å². The highest BCUT2D eigenvalue weighted by molar-refractivity contribution is 4.90. The van der Waals surface area contributed by atoms with Crippen LogP contribution in [-0.2, 0) is 14.2 Å². The van der Waals surface area contributed by atoms with Crippen molar-refractivity contribution in [2.24, 2.45) is 0 Å². The lowest BCUT2D eigenvalue weighted by Crippen LogP contribution is -2.50. The van der Waals surface area contributed by atoms with Crippen molar-refractivity contribution in [1.82, 2.24) is 0 Å². The van der Waals surface area contributed by atoms with Gasteiger partial charge in [0.15, 0.2) is 0 Å². The molecule has 0 aliphatic heterocycles. The van der Waals surface area contributed by atoms with E-state index in [1.165, 1.54) is 6.92 Å². The zero-order valence-electron chi connectivity index (χ0n) is 9.81. The van der Waals surface area contributed by atoms with Gasteiger partial charge in [0.1, 0.15) is 32.5 Å². The van der Waals surface area contributed by atoms with Crippen molar-refractivity contribution in [2.45, 2.75) is 18.8 Å². The van der Waals surface area contributed by atoms with Crippen LogP contribution in [0.25, 0.3) is 0 Å². The summed E-state index contributed by atoms with van der Waals surface area (Å²) in [6.45, 7) is 1.45. The fourth-order valence-electron chi connectivity index (χ4n) is 1.07. The van der Waals surface area contributed by atoms with Gasteiger partial charge in [0, 0.05) is 0 Å². The van der Waals surface area contributed by atoms with E-state index in [-0.39, 0.29) is 26.4 Å². The molecule has 0 aromatic rings. The van der Waals surface area contributed by atoms with Crippen LogP contribution in [0.15, 0.2) is 0 Å². The third kappa shape index (κ3) is 5.41. The molecular weight excluding hydrogens is 220 g/mol. The Hall–Kier alpha value is -1.48. The van der Waals surface area contributed by atoms with Crippen LogP contribution in [0.1, 0.15) is 6.92 Å². The zero-order chi connectivity index (χ0) is 13.1. The fraction of sp³-hybridized carbons (Fsp3) is 0.538. The Balaban J connectivity index is 4.65. The fourth-order valence-corrected chi connectivity index (χ4v) is 1.07. The molecule has 0 rings (SSSR count). The lowest BCUT2D eigenvalue weighted by atomic mass is 10.1. The molecular formula is C13H16O4. The van der Waals surface area contributed by atoms with E-state index < -0.39 is 11.9 Å². The molecule has 0 aliphatic carbocycles. The van der Waals surface area contributed by atoms with Gasteiger partial charge >= 0.3 is 0 Å². The zero-order valence-corrected chi connectivity index (χ0v) is 9.81. The Morgan fingerprint density at radius 2 is 1.53 bits per heavy atom. The first-order valence-corrected chi connectivity index (χ1v) is 4.97. The summed E-state index contributed by atoms with van der Waals surface area (Å²) < 4.78 is 15.7. The number of aliphatic hydroxyl groups excluding tert-OH is 1. The molecule has 0 heterocycles. The van der Waals surface area contributed by atoms with Gasteiger partial charge < -0.3 is 19.3 Å². The average molecular weight is 236 g/mol. The Bertz CT molecular complexity index is 309. The molecule has 0 aliphatic rings. The molecule has 0 radical (unpaired) electrons. The van der Waals surface area contributed by atoms with Crippen LogP contribution in [0.3, 0.4) is 0 Å². The maximum atomic E-state index is 9.70. The summed E-state index contributed by atoms with van der Waals surface area (Å²) >= 11 is 0. The molecule has 1 unspecified atom stereocenters. The quantitative estimate of drug-likeness (QED) is 0.366. The third-order valence-corrected chi connectivity index (χ3v) is 1.92. The number of hydrogen-bond donors (Lipinski definition) is 1. The van der Waals surface area contributed by atoms with Gasteiger partial charge in [-0.3, -0.25) is 0 Å². The number of terminal acetylenes is 3. The second-order valence-corrected chi connectivity index (χ2v) is 3.17. The van der Waals surface area contributed by atoms with Gasteiger partial charge in [0.25, 0.3) is 0 Å². The Morgan fingerprint density at radius 1 is 1.06 bits per heavy atom. The summed E-state index contributed by atoms with van der Waals surface area (Å²) in [6.07, 6.45) is 14.3. The van der Waals surface area contributed by atoms with Crippen LogP contribution in [0.5, 0.6) is 0 Å². The molecule has 0 saturated carbocycles. The molecule has 92 valence electrons. The highest BCUT2D eigenvalue weighted by Gasteiger charge is 2.38. The van der Waals surface area contributed by atoms with Gasteiger partial charge in [0.05, 0.1) is 0 Å². The van der Waals surface area contributed by atoms with Crippen molar-refractivity contribution in [3.8, 4) is 37.0 Å². The van der Waals surface area contributed by atoms with E-state index in [0.717, 1.165) is 0 Å². The van der Waals surface area contributed by atoms with Crippen molar-refractivity contribution in [3.05, 3.63) is 0 Å². The Labute approximate surface area is 102 Å². The van der Waals surface area contributed by atoms with Gasteiger partial charge in [-0.05, 0) is 6.92 Å². The van der Waals surface area contributed by atoms with E-state index in [1.54, 1.807) is 0 Å². The summed E-state index contributed by atoms with van der Waals surface area (Å²) in [6, 6.07) is 0. The smallest absolute Gasteiger partial charge is 0.220 e. The van der Waals surface area contributed by atoms with Crippen LogP contribution in [0.4, 0.5) is 0 Å². The highest BCUT2D eigenvalue weighted by Crippen LogP contribution is 2.19. The second kappa shape index (κ2) is 8.65. The van der Waals surface area contributed by atoms with Gasteiger partial charge in [0.2, 0.25) is 5.79 Å². The second-order valence-electron chi connectivity index (χ2n) is 3.17. The summed E-state index contributed by atoms with van der Waals surface area (Å²) in [4.78, 5) is 0. The van der Waals surface area contributed by atoms with E-state index in [4.69, 9.17) is 33.5 Å². The lowest BCUT2D eigenvalue weighted by Gasteiger charge is -2.34. The monoisotopic (exact) mass is 236 g/mol. The molecule has 0 saturated heterocycles. The Kier molecular flexibility index (Phi) is 7.89. The summed E-state index contributed by atoms with van der Waals surface area (Å²) in [5.74, 6) is 5.47. The van der Waals surface area contributed by atoms with Crippen LogP contribution in [-0.4, -0.2) is 43.4 Å². The minimum absolute atomic E-state index is 0.0329. The molecule has 4 nitrogen and oxygen atoms in total. The van der Waals surface area contributed by atoms with Crippen molar-refractivity contribution in [1.29, 1.82) is 0 Å². The molecule has 0 amide bonds. The van der Waals surface area contributed by atoms with Gasteiger partial charge in [-0.2, -0.15) is 0 Å². The van der Waals surface area contributed by atoms with E-state index >= 15 is 0 Å². The summed E-state index contributed by atoms with van der Waals surface area (Å²) in [7, 11) is 0. The van der Waals surface area contributed by atoms with E-state index in [0.29, 0.717) is 0 Å². The van der Waals surface area contributed by atoms with Crippen molar-refractivity contribution >= 4 is 0 Å². The molecule has 17 heavy (non-hydrogen) atoms. The number of aliphatic hydroxyl groups is 1. The summed E-state index contributed by atoms with van der Waals surface area (Å²) in [5.41, 5.74) is 0. The van der Waals surface area contributed by atoms with Crippen LogP contribution in [0, 0.1) is 37.0 Å². The first-order chi connectivity index (χ1) is 8.13. The molecule has 0 aromatic heterocycles. The molecule has 1 atom stereocenters. The van der Waals surface area contributed by atoms with Gasteiger partial charge in [-0.15, -0.1) is 19.3 Å². The van der Waals surface area contributed by atoms with Crippen LogP contribution in [0.2, 0.25) is 0 Å². The largest absolute Gasteiger partial charge is 0.388 e. The molecule has 0 fully saturated rings. The van der Waals surface area contributed by atoms with E-state index in [9.17, 15) is 5.11 Å². The van der Waals surface area contributed by atoms with E-state index in [2.05, 4.69) is 17.8 Å². The molecule has 0 bridgehead atoms. The minimum Gasteiger partial charge on any atom is -0.388 e. The number of hydrogen-bond acceptors (Lipinski definition) is 4. The average Bonchev–Trinajstić information content (AvgIpc) is 2.32. The van der Waals surface area contributed by atoms with Crippen molar-refractivity contribution < 1.29 is 19.3 Å². The number of rotatable bonds is 8. The molecule has 0 aromatic carbocycles. The Morgan fingerprint density at radius 3 is 1.88 bits per heavy atom. The van der Waals surface area contributed by atoms with Gasteiger partial charge in [-0.25, -0.2) is 0 Å². The highest BCUT2D eigenvalue weighted by atomic mass is 16.7. The van der Waals surface area contributed by atoms with Gasteiger partial charge in [-0.1, -0.05) is 17.8 Å². The normalized spacial score (nSPS) is 12.2. The first kappa shape index (κ1) is 15.5. The topological polar surface area (TPSA) is 47.9 Å². The third-order valence-electron chi connectivity index (χ3n) is 1.92. The van der Waals surface area contributed by atoms with Crippen molar-refractivity contribution in [3.63, 3.8) is 0 Å². The standard InChI is InChI=1S/C13H16O4/c1-5-8-15-11-13(12(4)14,16-9-6-2)17-10-7-3/h1-3,12,14H,8-11H2,4H3. The predicted molar refractivity (Wildman–Crippen MR) is 63.6 cm³/mol. The maximum Gasteiger partial charge on any atom is 0.220 e. The lowest BCUT2D eigenvalue weighted by molar-refractivity contribution is -0.288. The number of ether oxygens (including phenoxy) is 3. The van der Waals surface area contributed by atoms with Crippen LogP contribution >= 0.6 is 0 Å². The molecule has 0 spiro atoms. The SMILES string of the molecule is C#CCOCC(OCC#C)(OCC#C)C(C)O. The first-order valence-electron chi connectivity index (χ1n) is 4.97. The minimum atomic E-state index is -1.39.